The molecule has 0 radical (unpaired) electrons. The van der Waals surface area contributed by atoms with Crippen LogP contribution in [0.15, 0.2) is 0 Å². The van der Waals surface area contributed by atoms with Gasteiger partial charge in [-0.1, -0.05) is 13.8 Å². The van der Waals surface area contributed by atoms with Gasteiger partial charge in [-0.15, -0.1) is 0 Å². The zero-order chi connectivity index (χ0) is 18.1. The zero-order valence-corrected chi connectivity index (χ0v) is 17.1. The van der Waals surface area contributed by atoms with Gasteiger partial charge in [0.1, 0.15) is 12.2 Å². The molecule has 8 heteroatoms. The molecule has 1 N–H and O–H groups in total. The molecule has 0 saturated carbocycles. The second kappa shape index (κ2) is 8.40. The largest absolute Gasteiger partial charge is 0.394 e. The molecule has 1 unspecified atom stereocenters. The minimum atomic E-state index is -2.48. The number of aliphatic hydroxyl groups excluding tert-OH is 1. The van der Waals surface area contributed by atoms with Crippen molar-refractivity contribution in [3.05, 3.63) is 0 Å². The monoisotopic (exact) mass is 382 g/mol. The number of hydrogen-bond acceptors (Lipinski definition) is 7. The van der Waals surface area contributed by atoms with Gasteiger partial charge in [0.05, 0.1) is 37.6 Å². The summed E-state index contributed by atoms with van der Waals surface area (Å²) in [5.74, 6) is 0.463. The van der Waals surface area contributed by atoms with E-state index >= 15 is 0 Å². The summed E-state index contributed by atoms with van der Waals surface area (Å²) in [5.41, 5.74) is 0. The van der Waals surface area contributed by atoms with E-state index in [9.17, 15) is 5.11 Å². The molecule has 2 fully saturated rings. The molecule has 2 aliphatic rings. The summed E-state index contributed by atoms with van der Waals surface area (Å²) >= 11 is 5.57. The Kier molecular flexibility index (Phi) is 7.25. The maximum atomic E-state index is 9.49. The Morgan fingerprint density at radius 1 is 1.00 bits per heavy atom. The topological polar surface area (TPSA) is 66.4 Å². The molecule has 9 atom stereocenters. The van der Waals surface area contributed by atoms with Gasteiger partial charge in [0.2, 0.25) is 0 Å². The van der Waals surface area contributed by atoms with Crippen LogP contribution in [0.2, 0.25) is 0 Å². The van der Waals surface area contributed by atoms with Crippen LogP contribution >= 0.6 is 6.49 Å². The van der Waals surface area contributed by atoms with Crippen LogP contribution in [0, 0.1) is 11.8 Å². The zero-order valence-electron chi connectivity index (χ0n) is 15.4. The van der Waals surface area contributed by atoms with Crippen LogP contribution in [0.1, 0.15) is 27.7 Å². The summed E-state index contributed by atoms with van der Waals surface area (Å²) in [5, 5.41) is 9.49. The number of rotatable bonds is 7. The molecule has 6 nitrogen and oxygen atoms in total. The van der Waals surface area contributed by atoms with Gasteiger partial charge in [-0.3, -0.25) is 0 Å². The molecule has 0 spiro atoms. The maximum absolute atomic E-state index is 9.49. The smallest absolute Gasteiger partial charge is 0.186 e. The standard InChI is InChI=1S/C16H31O6PS/c1-9-11(3)21-14(15(9)18-5)8-19-23(6,24)22-16-10(2)12(4)20-13(16)7-17/h9-17H,7-8H2,1-6H3/t9-,10-,11-,12-,13+,14+,15-,16-,23?/m0/s1. The van der Waals surface area contributed by atoms with Gasteiger partial charge >= 0.3 is 0 Å². The van der Waals surface area contributed by atoms with Crippen LogP contribution in [0.3, 0.4) is 0 Å². The van der Waals surface area contributed by atoms with Crippen molar-refractivity contribution < 1.29 is 28.4 Å². The van der Waals surface area contributed by atoms with Crippen molar-refractivity contribution in [2.24, 2.45) is 11.8 Å². The van der Waals surface area contributed by atoms with E-state index in [1.807, 2.05) is 27.4 Å². The van der Waals surface area contributed by atoms with Crippen molar-refractivity contribution in [1.82, 2.24) is 0 Å². The third-order valence-electron chi connectivity index (χ3n) is 5.27. The first-order chi connectivity index (χ1) is 11.2. The van der Waals surface area contributed by atoms with Crippen molar-refractivity contribution in [2.45, 2.75) is 64.3 Å². The first kappa shape index (κ1) is 20.7. The lowest BCUT2D eigenvalue weighted by Gasteiger charge is -2.28. The van der Waals surface area contributed by atoms with Gasteiger partial charge in [0.15, 0.2) is 6.49 Å². The van der Waals surface area contributed by atoms with Gasteiger partial charge < -0.3 is 28.4 Å². The van der Waals surface area contributed by atoms with E-state index in [-0.39, 0.29) is 49.1 Å². The minimum Gasteiger partial charge on any atom is -0.394 e. The highest BCUT2D eigenvalue weighted by molar-refractivity contribution is 8.09. The molecule has 24 heavy (non-hydrogen) atoms. The van der Waals surface area contributed by atoms with E-state index in [4.69, 9.17) is 35.1 Å². The van der Waals surface area contributed by atoms with Crippen molar-refractivity contribution in [3.8, 4) is 0 Å². The number of aliphatic hydroxyl groups is 1. The molecule has 0 amide bonds. The van der Waals surface area contributed by atoms with Gasteiger partial charge in [-0.25, -0.2) is 0 Å². The van der Waals surface area contributed by atoms with Crippen LogP contribution in [0.5, 0.6) is 0 Å². The molecular formula is C16H31O6PS. The summed E-state index contributed by atoms with van der Waals surface area (Å²) in [6.45, 7) is 7.79. The van der Waals surface area contributed by atoms with E-state index in [0.29, 0.717) is 12.5 Å². The highest BCUT2D eigenvalue weighted by atomic mass is 32.5. The molecule has 142 valence electrons. The Balaban J connectivity index is 1.93. The Bertz CT molecular complexity index is 464. The molecule has 0 aromatic heterocycles. The second-order valence-electron chi connectivity index (χ2n) is 7.00. The SMILES string of the molecule is CO[C@H]1[C@@H](C)[C@H](C)O[C@@H]1COP(C)(=S)O[C@H]1[C@@H](C)[C@H](C)O[C@@H]1CO. The predicted octanol–water partition coefficient (Wildman–Crippen LogP) is 2.18. The highest BCUT2D eigenvalue weighted by Gasteiger charge is 2.43. The molecule has 2 aliphatic heterocycles. The van der Waals surface area contributed by atoms with Crippen LogP contribution in [-0.4, -0.2) is 68.7 Å². The fraction of sp³-hybridized carbons (Fsp3) is 1.00. The van der Waals surface area contributed by atoms with Gasteiger partial charge in [0.25, 0.3) is 0 Å². The summed E-state index contributed by atoms with van der Waals surface area (Å²) in [6.07, 6.45) is -0.594. The van der Waals surface area contributed by atoms with Crippen LogP contribution in [0.25, 0.3) is 0 Å². The van der Waals surface area contributed by atoms with Gasteiger partial charge in [-0.2, -0.15) is 0 Å². The molecular weight excluding hydrogens is 351 g/mol. The summed E-state index contributed by atoms with van der Waals surface area (Å²) < 4.78 is 29.2. The normalized spacial score (nSPS) is 45.5. The molecule has 2 heterocycles. The fourth-order valence-electron chi connectivity index (χ4n) is 3.44. The lowest BCUT2D eigenvalue weighted by molar-refractivity contribution is -0.0313. The molecule has 0 aliphatic carbocycles. The minimum absolute atomic E-state index is 0.00560. The number of hydrogen-bond donors (Lipinski definition) is 1. The first-order valence-electron chi connectivity index (χ1n) is 8.55. The van der Waals surface area contributed by atoms with Gasteiger partial charge in [0, 0.05) is 25.6 Å². The second-order valence-corrected chi connectivity index (χ2v) is 11.0. The summed E-state index contributed by atoms with van der Waals surface area (Å²) in [4.78, 5) is 0. The Morgan fingerprint density at radius 2 is 1.54 bits per heavy atom. The quantitative estimate of drug-likeness (QED) is 0.677. The molecule has 0 aromatic carbocycles. The lowest BCUT2D eigenvalue weighted by atomic mass is 9.99. The summed E-state index contributed by atoms with van der Waals surface area (Å²) in [7, 11) is 1.69. The predicted molar refractivity (Wildman–Crippen MR) is 95.9 cm³/mol. The third kappa shape index (κ3) is 4.57. The molecule has 2 saturated heterocycles. The number of methoxy groups -OCH3 is 1. The third-order valence-corrected chi connectivity index (χ3v) is 7.09. The Hall–Kier alpha value is 0.410. The lowest BCUT2D eigenvalue weighted by Crippen LogP contribution is -2.33. The van der Waals surface area contributed by atoms with Crippen molar-refractivity contribution in [3.63, 3.8) is 0 Å². The van der Waals surface area contributed by atoms with E-state index in [1.54, 1.807) is 7.11 Å². The van der Waals surface area contributed by atoms with E-state index in [2.05, 4.69) is 6.92 Å². The van der Waals surface area contributed by atoms with Gasteiger partial charge in [-0.05, 0) is 25.7 Å². The average Bonchev–Trinajstić information content (AvgIpc) is 2.95. The maximum Gasteiger partial charge on any atom is 0.186 e. The van der Waals surface area contributed by atoms with Crippen LogP contribution in [-0.2, 0) is 35.1 Å². The van der Waals surface area contributed by atoms with Crippen LogP contribution < -0.4 is 0 Å². The van der Waals surface area contributed by atoms with Crippen LogP contribution in [0.4, 0.5) is 0 Å². The van der Waals surface area contributed by atoms with Crippen molar-refractivity contribution in [2.75, 3.05) is 27.0 Å². The van der Waals surface area contributed by atoms with E-state index < -0.39 is 6.49 Å². The molecule has 2 rings (SSSR count). The highest BCUT2D eigenvalue weighted by Crippen LogP contribution is 2.49. The van der Waals surface area contributed by atoms with Crippen molar-refractivity contribution >= 4 is 18.3 Å². The van der Waals surface area contributed by atoms with Crippen molar-refractivity contribution in [1.29, 1.82) is 0 Å². The first-order valence-corrected chi connectivity index (χ1v) is 11.6. The Morgan fingerprint density at radius 3 is 2.08 bits per heavy atom. The average molecular weight is 382 g/mol. The Labute approximate surface area is 150 Å². The number of ether oxygens (including phenoxy) is 3. The summed E-state index contributed by atoms with van der Waals surface area (Å²) in [6, 6.07) is 0. The van der Waals surface area contributed by atoms with E-state index in [0.717, 1.165) is 0 Å². The fourth-order valence-corrected chi connectivity index (χ4v) is 5.17. The van der Waals surface area contributed by atoms with E-state index in [1.165, 1.54) is 0 Å². The molecule has 0 aromatic rings. The molecule has 0 bridgehead atoms.